The Hall–Kier alpha value is -3.24. The summed E-state index contributed by atoms with van der Waals surface area (Å²) < 4.78 is 0. The molecule has 2 fully saturated rings. The van der Waals surface area contributed by atoms with Crippen LogP contribution in [-0.2, 0) is 0 Å². The van der Waals surface area contributed by atoms with Gasteiger partial charge in [-0.3, -0.25) is 4.90 Å². The van der Waals surface area contributed by atoms with Crippen LogP contribution in [0.15, 0.2) is 55.1 Å². The van der Waals surface area contributed by atoms with E-state index >= 15 is 0 Å². The second-order valence-corrected chi connectivity index (χ2v) is 5.74. The van der Waals surface area contributed by atoms with E-state index in [-0.39, 0.29) is 0 Å². The standard InChI is InChI=1S/C18H16N4.C2H2/c1-12-17-8-5-9-21(17)13(2)22(12)18-11-20-16(10-19)14-6-3-4-7-15(14)18;1-2/h3-4,6-7,11,17H,1-2,5,8-9H2;1-2H. The number of nitrogens with zero attached hydrogens (tertiary/aromatic N) is 4. The van der Waals surface area contributed by atoms with Crippen LogP contribution in [0.5, 0.6) is 0 Å². The van der Waals surface area contributed by atoms with Gasteiger partial charge in [0.25, 0.3) is 0 Å². The SMILES string of the molecule is C#C.C=C1C2CCCN2C(=C)N1c1cnc(C#N)c2ccccc12. The van der Waals surface area contributed by atoms with Gasteiger partial charge >= 0.3 is 0 Å². The summed E-state index contributed by atoms with van der Waals surface area (Å²) in [6.07, 6.45) is 12.1. The van der Waals surface area contributed by atoms with E-state index in [1.54, 1.807) is 6.20 Å². The summed E-state index contributed by atoms with van der Waals surface area (Å²) in [5.41, 5.74) is 2.47. The summed E-state index contributed by atoms with van der Waals surface area (Å²) in [4.78, 5) is 8.74. The van der Waals surface area contributed by atoms with Crippen molar-refractivity contribution in [2.24, 2.45) is 0 Å². The van der Waals surface area contributed by atoms with Crippen molar-refractivity contribution in [2.75, 3.05) is 11.4 Å². The van der Waals surface area contributed by atoms with Crippen molar-refractivity contribution in [3.63, 3.8) is 0 Å². The molecule has 118 valence electrons. The monoisotopic (exact) mass is 314 g/mol. The Labute approximate surface area is 142 Å². The molecule has 2 aliphatic heterocycles. The van der Waals surface area contributed by atoms with E-state index in [4.69, 9.17) is 0 Å². The minimum Gasteiger partial charge on any atom is -0.350 e. The molecule has 2 saturated heterocycles. The van der Waals surface area contributed by atoms with E-state index in [0.29, 0.717) is 11.7 Å². The van der Waals surface area contributed by atoms with Gasteiger partial charge in [-0.05, 0) is 12.8 Å². The molecule has 0 amide bonds. The Morgan fingerprint density at radius 3 is 2.58 bits per heavy atom. The van der Waals surface area contributed by atoms with E-state index in [1.165, 1.54) is 6.42 Å². The fourth-order valence-corrected chi connectivity index (χ4v) is 3.60. The molecular weight excluding hydrogens is 296 g/mol. The Bertz CT molecular complexity index is 865. The molecule has 1 aromatic heterocycles. The number of hydrogen-bond donors (Lipinski definition) is 0. The normalized spacial score (nSPS) is 19.0. The van der Waals surface area contributed by atoms with Crippen molar-refractivity contribution in [3.8, 4) is 18.9 Å². The smallest absolute Gasteiger partial charge is 0.148 e. The quantitative estimate of drug-likeness (QED) is 0.754. The van der Waals surface area contributed by atoms with Crippen LogP contribution >= 0.6 is 0 Å². The summed E-state index contributed by atoms with van der Waals surface area (Å²) in [6, 6.07) is 10.4. The lowest BCUT2D eigenvalue weighted by Gasteiger charge is -2.23. The van der Waals surface area contributed by atoms with Gasteiger partial charge in [-0.2, -0.15) is 5.26 Å². The van der Waals surface area contributed by atoms with Crippen LogP contribution in [0.25, 0.3) is 10.8 Å². The van der Waals surface area contributed by atoms with Crippen LogP contribution in [0.3, 0.4) is 0 Å². The predicted molar refractivity (Wildman–Crippen MR) is 96.8 cm³/mol. The molecule has 0 saturated carbocycles. The number of nitriles is 1. The van der Waals surface area contributed by atoms with Crippen molar-refractivity contribution in [3.05, 3.63) is 60.8 Å². The third-order valence-electron chi connectivity index (χ3n) is 4.64. The highest BCUT2D eigenvalue weighted by molar-refractivity contribution is 5.98. The fourth-order valence-electron chi connectivity index (χ4n) is 3.60. The van der Waals surface area contributed by atoms with E-state index in [9.17, 15) is 5.26 Å². The van der Waals surface area contributed by atoms with Crippen LogP contribution in [-0.4, -0.2) is 22.5 Å². The van der Waals surface area contributed by atoms with Crippen LogP contribution in [0.1, 0.15) is 18.5 Å². The summed E-state index contributed by atoms with van der Waals surface area (Å²) in [7, 11) is 0. The molecule has 0 spiro atoms. The maximum absolute atomic E-state index is 9.26. The maximum atomic E-state index is 9.26. The molecule has 0 bridgehead atoms. The first kappa shape index (κ1) is 15.6. The number of fused-ring (bicyclic) bond motifs is 2. The van der Waals surface area contributed by atoms with E-state index in [0.717, 1.165) is 40.9 Å². The molecule has 0 N–H and O–H groups in total. The largest absolute Gasteiger partial charge is 0.350 e. The van der Waals surface area contributed by atoms with Crippen LogP contribution < -0.4 is 4.90 Å². The number of anilines is 1. The van der Waals surface area contributed by atoms with Crippen molar-refractivity contribution in [1.82, 2.24) is 9.88 Å². The van der Waals surface area contributed by atoms with Crippen LogP contribution in [0.2, 0.25) is 0 Å². The molecule has 4 rings (SSSR count). The Morgan fingerprint density at radius 1 is 1.21 bits per heavy atom. The minimum absolute atomic E-state index is 0.349. The van der Waals surface area contributed by atoms with Gasteiger partial charge in [0.05, 0.1) is 17.9 Å². The molecule has 4 nitrogen and oxygen atoms in total. The second-order valence-electron chi connectivity index (χ2n) is 5.74. The van der Waals surface area contributed by atoms with E-state index in [1.807, 2.05) is 24.3 Å². The van der Waals surface area contributed by atoms with Crippen LogP contribution in [0, 0.1) is 24.2 Å². The average Bonchev–Trinajstić information content (AvgIpc) is 3.20. The van der Waals surface area contributed by atoms with Gasteiger partial charge in [-0.15, -0.1) is 12.8 Å². The predicted octanol–water partition coefficient (Wildman–Crippen LogP) is 3.63. The Balaban J connectivity index is 0.000000815. The lowest BCUT2D eigenvalue weighted by atomic mass is 10.1. The number of pyridine rings is 1. The fraction of sp³-hybridized carbons (Fsp3) is 0.200. The molecule has 0 radical (unpaired) electrons. The first-order chi connectivity index (χ1) is 11.7. The first-order valence-corrected chi connectivity index (χ1v) is 7.78. The third-order valence-corrected chi connectivity index (χ3v) is 4.64. The molecule has 1 unspecified atom stereocenters. The van der Waals surface area contributed by atoms with Gasteiger partial charge in [-0.1, -0.05) is 37.4 Å². The zero-order chi connectivity index (χ0) is 17.3. The molecule has 3 heterocycles. The molecule has 1 atom stereocenters. The highest BCUT2D eigenvalue weighted by atomic mass is 15.4. The second kappa shape index (κ2) is 6.10. The summed E-state index contributed by atoms with van der Waals surface area (Å²) in [6.45, 7) is 9.57. The molecular formula is C20H18N4. The molecule has 1 aromatic carbocycles. The van der Waals surface area contributed by atoms with E-state index in [2.05, 4.69) is 46.9 Å². The van der Waals surface area contributed by atoms with Crippen molar-refractivity contribution in [1.29, 1.82) is 5.26 Å². The summed E-state index contributed by atoms with van der Waals surface area (Å²) in [5, 5.41) is 11.1. The van der Waals surface area contributed by atoms with Gasteiger partial charge in [-0.25, -0.2) is 4.98 Å². The number of aromatic nitrogens is 1. The molecule has 2 aliphatic rings. The van der Waals surface area contributed by atoms with Gasteiger partial charge in [0.1, 0.15) is 17.6 Å². The van der Waals surface area contributed by atoms with E-state index < -0.39 is 0 Å². The average molecular weight is 314 g/mol. The van der Waals surface area contributed by atoms with Gasteiger partial charge in [0.2, 0.25) is 0 Å². The highest BCUT2D eigenvalue weighted by Gasteiger charge is 2.40. The Kier molecular flexibility index (Phi) is 3.98. The molecule has 2 aromatic rings. The van der Waals surface area contributed by atoms with Crippen molar-refractivity contribution >= 4 is 16.5 Å². The number of terminal acetylenes is 1. The van der Waals surface area contributed by atoms with Gasteiger partial charge in [0.15, 0.2) is 0 Å². The molecule has 4 heteroatoms. The van der Waals surface area contributed by atoms with Gasteiger partial charge < -0.3 is 4.90 Å². The molecule has 0 aliphatic carbocycles. The lowest BCUT2D eigenvalue weighted by Crippen LogP contribution is -2.22. The number of benzene rings is 1. The minimum atomic E-state index is 0.349. The van der Waals surface area contributed by atoms with Crippen molar-refractivity contribution < 1.29 is 0 Å². The topological polar surface area (TPSA) is 43.2 Å². The zero-order valence-corrected chi connectivity index (χ0v) is 13.4. The highest BCUT2D eigenvalue weighted by Crippen LogP contribution is 2.42. The number of rotatable bonds is 1. The van der Waals surface area contributed by atoms with Crippen LogP contribution in [0.4, 0.5) is 5.69 Å². The summed E-state index contributed by atoms with van der Waals surface area (Å²) >= 11 is 0. The summed E-state index contributed by atoms with van der Waals surface area (Å²) in [5.74, 6) is 0.962. The van der Waals surface area contributed by atoms with Crippen molar-refractivity contribution in [2.45, 2.75) is 18.9 Å². The Morgan fingerprint density at radius 2 is 1.92 bits per heavy atom. The first-order valence-electron chi connectivity index (χ1n) is 7.78. The maximum Gasteiger partial charge on any atom is 0.148 e. The molecule has 24 heavy (non-hydrogen) atoms. The third kappa shape index (κ3) is 2.13. The number of hydrogen-bond acceptors (Lipinski definition) is 4. The van der Waals surface area contributed by atoms with Gasteiger partial charge in [0, 0.05) is 23.0 Å². The zero-order valence-electron chi connectivity index (χ0n) is 13.4. The lowest BCUT2D eigenvalue weighted by molar-refractivity contribution is 0.397.